The molecule has 29 heavy (non-hydrogen) atoms. The number of aryl methyl sites for hydroxylation is 1. The van der Waals surface area contributed by atoms with Crippen molar-refractivity contribution in [3.63, 3.8) is 0 Å². The summed E-state index contributed by atoms with van der Waals surface area (Å²) < 4.78 is 0. The zero-order valence-electron chi connectivity index (χ0n) is 18.3. The highest BCUT2D eigenvalue weighted by atomic mass is 16.3. The van der Waals surface area contributed by atoms with Gasteiger partial charge in [-0.15, -0.1) is 0 Å². The summed E-state index contributed by atoms with van der Waals surface area (Å²) in [4.78, 5) is 12.1. The van der Waals surface area contributed by atoms with Gasteiger partial charge in [0.25, 0.3) is 0 Å². The van der Waals surface area contributed by atoms with E-state index in [0.717, 1.165) is 50.4 Å². The van der Waals surface area contributed by atoms with E-state index in [1.54, 1.807) is 0 Å². The first-order valence-electron chi connectivity index (χ1n) is 12.1. The minimum atomic E-state index is -0.515. The van der Waals surface area contributed by atoms with E-state index in [-0.39, 0.29) is 5.41 Å². The summed E-state index contributed by atoms with van der Waals surface area (Å²) in [6.07, 6.45) is 11.7. The van der Waals surface area contributed by atoms with E-state index in [1.807, 2.05) is 0 Å². The van der Waals surface area contributed by atoms with Crippen LogP contribution in [0.4, 0.5) is 0 Å². The smallest absolute Gasteiger partial charge is 0.133 e. The van der Waals surface area contributed by atoms with Crippen molar-refractivity contribution < 1.29 is 9.90 Å². The number of rotatable bonds is 3. The lowest BCUT2D eigenvalue weighted by Crippen LogP contribution is -2.56. The molecule has 4 aliphatic carbocycles. The molecule has 7 atom stereocenters. The average molecular weight is 395 g/mol. The molecule has 5 rings (SSSR count). The van der Waals surface area contributed by atoms with Crippen molar-refractivity contribution in [2.24, 2.45) is 34.5 Å². The van der Waals surface area contributed by atoms with Crippen LogP contribution in [0.3, 0.4) is 0 Å². The minimum absolute atomic E-state index is 0.0661. The van der Waals surface area contributed by atoms with Gasteiger partial charge in [-0.2, -0.15) is 0 Å². The van der Waals surface area contributed by atoms with Gasteiger partial charge in [0.2, 0.25) is 0 Å². The van der Waals surface area contributed by atoms with Crippen LogP contribution >= 0.6 is 0 Å². The van der Waals surface area contributed by atoms with Crippen molar-refractivity contribution in [1.82, 2.24) is 0 Å². The second-order valence-corrected chi connectivity index (χ2v) is 11.4. The van der Waals surface area contributed by atoms with Gasteiger partial charge in [0.15, 0.2) is 0 Å². The lowest BCUT2D eigenvalue weighted by molar-refractivity contribution is -0.158. The molecule has 0 heterocycles. The molecule has 1 aromatic carbocycles. The first-order valence-corrected chi connectivity index (χ1v) is 12.1. The van der Waals surface area contributed by atoms with E-state index in [1.165, 1.54) is 37.7 Å². The van der Waals surface area contributed by atoms with Gasteiger partial charge >= 0.3 is 0 Å². The third-order valence-electron chi connectivity index (χ3n) is 10.5. The molecule has 0 spiro atoms. The number of carbonyl (C=O) groups is 1. The molecular formula is C27H38O2. The Balaban J connectivity index is 1.36. The summed E-state index contributed by atoms with van der Waals surface area (Å²) >= 11 is 0. The van der Waals surface area contributed by atoms with Gasteiger partial charge in [0.05, 0.1) is 5.60 Å². The quantitative estimate of drug-likeness (QED) is 0.686. The maximum absolute atomic E-state index is 12.1. The van der Waals surface area contributed by atoms with Crippen molar-refractivity contribution in [1.29, 1.82) is 0 Å². The molecule has 0 saturated heterocycles. The largest absolute Gasteiger partial charge is 0.389 e. The normalized spacial score (nSPS) is 46.7. The van der Waals surface area contributed by atoms with E-state index in [0.29, 0.717) is 23.0 Å². The van der Waals surface area contributed by atoms with E-state index in [4.69, 9.17) is 0 Å². The molecule has 1 aromatic rings. The van der Waals surface area contributed by atoms with Crippen LogP contribution in [0, 0.1) is 34.5 Å². The Labute approximate surface area is 176 Å². The first kappa shape index (κ1) is 19.8. The van der Waals surface area contributed by atoms with Crippen molar-refractivity contribution in [2.75, 3.05) is 0 Å². The van der Waals surface area contributed by atoms with Gasteiger partial charge in [0.1, 0.15) is 5.78 Å². The fraction of sp³-hybridized carbons (Fsp3) is 0.741. The van der Waals surface area contributed by atoms with Crippen LogP contribution in [-0.4, -0.2) is 16.5 Å². The van der Waals surface area contributed by atoms with E-state index in [2.05, 4.69) is 44.2 Å². The highest BCUT2D eigenvalue weighted by Crippen LogP contribution is 2.68. The Hall–Kier alpha value is -1.15. The van der Waals surface area contributed by atoms with Gasteiger partial charge in [-0.25, -0.2) is 0 Å². The Morgan fingerprint density at radius 1 is 0.966 bits per heavy atom. The molecule has 4 aliphatic rings. The maximum atomic E-state index is 12.1. The predicted octanol–water partition coefficient (Wildman–Crippen LogP) is 5.96. The summed E-state index contributed by atoms with van der Waals surface area (Å²) in [6.45, 7) is 4.94. The second-order valence-electron chi connectivity index (χ2n) is 11.4. The zero-order valence-corrected chi connectivity index (χ0v) is 18.3. The molecule has 0 bridgehead atoms. The molecule has 0 radical (unpaired) electrons. The molecule has 2 nitrogen and oxygen atoms in total. The van der Waals surface area contributed by atoms with Crippen LogP contribution in [0.1, 0.15) is 83.6 Å². The number of hydrogen-bond donors (Lipinski definition) is 1. The number of benzene rings is 1. The number of aliphatic hydroxyl groups is 1. The van der Waals surface area contributed by atoms with Crippen molar-refractivity contribution in [3.05, 3.63) is 35.9 Å². The third-order valence-corrected chi connectivity index (χ3v) is 10.5. The van der Waals surface area contributed by atoms with Gasteiger partial charge in [0, 0.05) is 12.8 Å². The fourth-order valence-corrected chi connectivity index (χ4v) is 8.56. The number of hydrogen-bond acceptors (Lipinski definition) is 2. The van der Waals surface area contributed by atoms with Crippen LogP contribution in [0.5, 0.6) is 0 Å². The second kappa shape index (κ2) is 6.94. The first-order chi connectivity index (χ1) is 13.9. The highest BCUT2D eigenvalue weighted by molar-refractivity contribution is 5.79. The number of carbonyl (C=O) groups excluding carboxylic acids is 1. The molecule has 1 N–H and O–H groups in total. The Kier molecular flexibility index (Phi) is 4.74. The lowest BCUT2D eigenvalue weighted by Gasteiger charge is -2.61. The van der Waals surface area contributed by atoms with Crippen molar-refractivity contribution in [2.45, 2.75) is 90.1 Å². The van der Waals surface area contributed by atoms with E-state index >= 15 is 0 Å². The SMILES string of the molecule is C[C@@]12CCC(=O)C[C@H]1CC[C@H]1[C@H]3CC[C@](O)(CCc4ccccc4)[C@]3(C)CC[C@@H]12. The molecule has 0 unspecified atom stereocenters. The highest BCUT2D eigenvalue weighted by Gasteiger charge is 2.64. The van der Waals surface area contributed by atoms with E-state index in [9.17, 15) is 9.90 Å². The van der Waals surface area contributed by atoms with Gasteiger partial charge < -0.3 is 5.11 Å². The van der Waals surface area contributed by atoms with Crippen LogP contribution < -0.4 is 0 Å². The molecule has 158 valence electrons. The molecule has 0 aromatic heterocycles. The summed E-state index contributed by atoms with van der Waals surface area (Å²) in [5, 5.41) is 11.9. The summed E-state index contributed by atoms with van der Waals surface area (Å²) in [5.74, 6) is 3.31. The number of fused-ring (bicyclic) bond motifs is 5. The Morgan fingerprint density at radius 2 is 1.72 bits per heavy atom. The van der Waals surface area contributed by atoms with Crippen LogP contribution in [0.2, 0.25) is 0 Å². The van der Waals surface area contributed by atoms with Crippen LogP contribution in [-0.2, 0) is 11.2 Å². The summed E-state index contributed by atoms with van der Waals surface area (Å²) in [5.41, 5.74) is 1.26. The Morgan fingerprint density at radius 3 is 2.52 bits per heavy atom. The monoisotopic (exact) mass is 394 g/mol. The van der Waals surface area contributed by atoms with Crippen LogP contribution in [0.25, 0.3) is 0 Å². The Bertz CT molecular complexity index is 772. The van der Waals surface area contributed by atoms with Crippen LogP contribution in [0.15, 0.2) is 30.3 Å². The molecule has 4 saturated carbocycles. The average Bonchev–Trinajstić information content (AvgIpc) is 2.99. The molecule has 2 heteroatoms. The third kappa shape index (κ3) is 2.96. The molecule has 0 amide bonds. The molecule has 0 aliphatic heterocycles. The topological polar surface area (TPSA) is 37.3 Å². The van der Waals surface area contributed by atoms with Gasteiger partial charge in [-0.1, -0.05) is 44.2 Å². The maximum Gasteiger partial charge on any atom is 0.133 e. The lowest BCUT2D eigenvalue weighted by atomic mass is 9.44. The summed E-state index contributed by atoms with van der Waals surface area (Å²) in [7, 11) is 0. The fourth-order valence-electron chi connectivity index (χ4n) is 8.56. The number of Topliss-reactive ketones (excluding diaryl/α,β-unsaturated/α-hetero) is 1. The predicted molar refractivity (Wildman–Crippen MR) is 116 cm³/mol. The van der Waals surface area contributed by atoms with Crippen molar-refractivity contribution >= 4 is 5.78 Å². The number of ketones is 1. The van der Waals surface area contributed by atoms with Gasteiger partial charge in [-0.3, -0.25) is 4.79 Å². The zero-order chi connectivity index (χ0) is 20.3. The summed E-state index contributed by atoms with van der Waals surface area (Å²) in [6, 6.07) is 10.7. The molecule has 4 fully saturated rings. The van der Waals surface area contributed by atoms with Gasteiger partial charge in [-0.05, 0) is 97.9 Å². The minimum Gasteiger partial charge on any atom is -0.389 e. The standard InChI is InChI=1S/C27H38O2/c1-25-14-11-21(28)18-20(25)8-9-22-23(25)12-15-26(2)24(22)13-17-27(26,29)16-10-19-6-4-3-5-7-19/h3-7,20,22-24,29H,8-18H2,1-2H3/t20-,22-,23+,24-,25-,26-,27-/m1/s1. The molecular weight excluding hydrogens is 356 g/mol. The van der Waals surface area contributed by atoms with Crippen molar-refractivity contribution in [3.8, 4) is 0 Å². The van der Waals surface area contributed by atoms with E-state index < -0.39 is 5.60 Å².